The average molecular weight is 252 g/mol. The summed E-state index contributed by atoms with van der Waals surface area (Å²) in [6.45, 7) is 2.16. The van der Waals surface area contributed by atoms with E-state index in [1.807, 2.05) is 61.1 Å². The molecule has 1 aliphatic heterocycles. The van der Waals surface area contributed by atoms with Crippen molar-refractivity contribution in [2.45, 2.75) is 13.0 Å². The van der Waals surface area contributed by atoms with Gasteiger partial charge in [0.1, 0.15) is 6.61 Å². The predicted molar refractivity (Wildman–Crippen MR) is 73.6 cm³/mol. The van der Waals surface area contributed by atoms with Crippen LogP contribution in [0.4, 0.5) is 10.5 Å². The molecular weight excluding hydrogens is 238 g/mol. The minimum Gasteiger partial charge on any atom is -0.444 e. The molecule has 95 valence electrons. The highest BCUT2D eigenvalue weighted by Crippen LogP contribution is 2.30. The van der Waals surface area contributed by atoms with Crippen LogP contribution in [0.25, 0.3) is 0 Å². The fraction of sp³-hybridized carbons (Fsp3) is 0.125. The number of hydrogen-bond donors (Lipinski definition) is 0. The number of fused-ring (bicyclic) bond motifs is 1. The molecule has 0 aromatic heterocycles. The van der Waals surface area contributed by atoms with Gasteiger partial charge in [-0.05, 0) is 23.6 Å². The third kappa shape index (κ3) is 2.45. The van der Waals surface area contributed by atoms with Crippen LogP contribution in [0.1, 0.15) is 11.1 Å². The number of benzene rings is 2. The molecule has 3 nitrogen and oxygen atoms in total. The molecule has 1 amide bonds. The molecule has 0 atom stereocenters. The Kier molecular flexibility index (Phi) is 3.19. The van der Waals surface area contributed by atoms with Crippen molar-refractivity contribution in [3.8, 4) is 0 Å². The quantitative estimate of drug-likeness (QED) is 0.818. The van der Waals surface area contributed by atoms with E-state index in [0.717, 1.165) is 23.2 Å². The Morgan fingerprint density at radius 1 is 1.05 bits per heavy atom. The lowest BCUT2D eigenvalue weighted by Crippen LogP contribution is -2.26. The standard InChI is InChI=1S/C16H14NO2/c18-16(19-12-13-6-2-1-3-7-13)17-11-10-14-8-4-5-9-15(14)17/h1-9,11H,10,12H2. The van der Waals surface area contributed by atoms with Gasteiger partial charge in [-0.1, -0.05) is 48.5 Å². The summed E-state index contributed by atoms with van der Waals surface area (Å²) in [4.78, 5) is 13.6. The number of nitrogens with zero attached hydrogens (tertiary/aromatic N) is 1. The molecule has 3 rings (SSSR count). The third-order valence-corrected chi connectivity index (χ3v) is 3.15. The lowest BCUT2D eigenvalue weighted by atomic mass is 10.2. The zero-order valence-electron chi connectivity index (χ0n) is 10.5. The first-order valence-electron chi connectivity index (χ1n) is 6.26. The molecule has 1 radical (unpaired) electrons. The van der Waals surface area contributed by atoms with Crippen molar-refractivity contribution in [1.29, 1.82) is 0 Å². The summed E-state index contributed by atoms with van der Waals surface area (Å²) >= 11 is 0. The Morgan fingerprint density at radius 3 is 2.63 bits per heavy atom. The van der Waals surface area contributed by atoms with Crippen LogP contribution in [-0.2, 0) is 17.8 Å². The summed E-state index contributed by atoms with van der Waals surface area (Å²) < 4.78 is 5.32. The molecule has 2 aromatic carbocycles. The van der Waals surface area contributed by atoms with E-state index in [4.69, 9.17) is 4.74 Å². The van der Waals surface area contributed by atoms with Crippen molar-refractivity contribution in [3.05, 3.63) is 72.3 Å². The number of hydrogen-bond acceptors (Lipinski definition) is 2. The second-order valence-corrected chi connectivity index (χ2v) is 4.43. The van der Waals surface area contributed by atoms with Gasteiger partial charge in [-0.25, -0.2) is 4.79 Å². The van der Waals surface area contributed by atoms with E-state index in [1.165, 1.54) is 0 Å². The largest absolute Gasteiger partial charge is 0.444 e. The fourth-order valence-corrected chi connectivity index (χ4v) is 2.17. The van der Waals surface area contributed by atoms with E-state index < -0.39 is 0 Å². The van der Waals surface area contributed by atoms with Crippen molar-refractivity contribution < 1.29 is 9.53 Å². The van der Waals surface area contributed by atoms with Crippen molar-refractivity contribution >= 4 is 11.8 Å². The molecule has 1 heterocycles. The molecule has 0 spiro atoms. The van der Waals surface area contributed by atoms with Crippen molar-refractivity contribution in [3.63, 3.8) is 0 Å². The van der Waals surface area contributed by atoms with E-state index in [0.29, 0.717) is 6.61 Å². The normalized spacial score (nSPS) is 13.2. The Balaban J connectivity index is 1.66. The topological polar surface area (TPSA) is 29.5 Å². The minimum absolute atomic E-state index is 0.298. The van der Waals surface area contributed by atoms with E-state index in [2.05, 4.69) is 0 Å². The lowest BCUT2D eigenvalue weighted by Gasteiger charge is -2.16. The second kappa shape index (κ2) is 5.14. The number of para-hydroxylation sites is 1. The zero-order valence-corrected chi connectivity index (χ0v) is 10.5. The minimum atomic E-state index is -0.325. The number of anilines is 1. The Morgan fingerprint density at radius 2 is 1.79 bits per heavy atom. The van der Waals surface area contributed by atoms with Gasteiger partial charge in [-0.2, -0.15) is 0 Å². The SMILES string of the molecule is O=C(OCc1ccccc1)N1[CH]Cc2ccccc21. The first-order chi connectivity index (χ1) is 9.34. The third-order valence-electron chi connectivity index (χ3n) is 3.15. The molecule has 0 saturated carbocycles. The smallest absolute Gasteiger partial charge is 0.414 e. The number of rotatable bonds is 2. The van der Waals surface area contributed by atoms with Gasteiger partial charge in [0.15, 0.2) is 0 Å². The van der Waals surface area contributed by atoms with Gasteiger partial charge in [0.05, 0.1) is 12.2 Å². The number of ether oxygens (including phenoxy) is 1. The molecule has 0 bridgehead atoms. The molecule has 1 aliphatic rings. The molecule has 0 fully saturated rings. The maximum atomic E-state index is 12.1. The Bertz CT molecular complexity index is 580. The van der Waals surface area contributed by atoms with Crippen molar-refractivity contribution in [2.75, 3.05) is 4.90 Å². The first-order valence-corrected chi connectivity index (χ1v) is 6.26. The molecule has 2 aromatic rings. The Labute approximate surface area is 112 Å². The number of carbonyl (C=O) groups is 1. The van der Waals surface area contributed by atoms with Gasteiger partial charge in [-0.15, -0.1) is 0 Å². The van der Waals surface area contributed by atoms with Crippen LogP contribution in [0.15, 0.2) is 54.6 Å². The average Bonchev–Trinajstić information content (AvgIpc) is 2.90. The second-order valence-electron chi connectivity index (χ2n) is 4.43. The van der Waals surface area contributed by atoms with Gasteiger partial charge >= 0.3 is 6.09 Å². The number of amides is 1. The van der Waals surface area contributed by atoms with Crippen molar-refractivity contribution in [1.82, 2.24) is 0 Å². The summed E-state index contributed by atoms with van der Waals surface area (Å²) in [6.07, 6.45) is 0.449. The van der Waals surface area contributed by atoms with E-state index >= 15 is 0 Å². The van der Waals surface area contributed by atoms with Gasteiger partial charge in [0.25, 0.3) is 0 Å². The lowest BCUT2D eigenvalue weighted by molar-refractivity contribution is 0.149. The highest BCUT2D eigenvalue weighted by atomic mass is 16.6. The van der Waals surface area contributed by atoms with Gasteiger partial charge in [0.2, 0.25) is 0 Å². The first kappa shape index (κ1) is 11.8. The van der Waals surface area contributed by atoms with E-state index in [9.17, 15) is 4.79 Å². The molecule has 0 aliphatic carbocycles. The fourth-order valence-electron chi connectivity index (χ4n) is 2.17. The monoisotopic (exact) mass is 252 g/mol. The summed E-state index contributed by atoms with van der Waals surface area (Å²) in [7, 11) is 0. The number of carbonyl (C=O) groups excluding carboxylic acids is 1. The molecular formula is C16H14NO2. The van der Waals surface area contributed by atoms with Crippen LogP contribution in [0.2, 0.25) is 0 Å². The van der Waals surface area contributed by atoms with E-state index in [1.54, 1.807) is 4.90 Å². The van der Waals surface area contributed by atoms with Crippen LogP contribution >= 0.6 is 0 Å². The summed E-state index contributed by atoms with van der Waals surface area (Å²) in [5, 5.41) is 0. The van der Waals surface area contributed by atoms with Gasteiger partial charge in [-0.3, -0.25) is 4.90 Å². The Hall–Kier alpha value is -2.29. The van der Waals surface area contributed by atoms with Gasteiger partial charge < -0.3 is 4.74 Å². The summed E-state index contributed by atoms with van der Waals surface area (Å²) in [5.41, 5.74) is 3.06. The van der Waals surface area contributed by atoms with Crippen LogP contribution in [0.3, 0.4) is 0 Å². The highest BCUT2D eigenvalue weighted by molar-refractivity contribution is 5.91. The van der Waals surface area contributed by atoms with Crippen LogP contribution in [0, 0.1) is 6.54 Å². The summed E-state index contributed by atoms with van der Waals surface area (Å²) in [5.74, 6) is 0. The van der Waals surface area contributed by atoms with Gasteiger partial charge in [0, 0.05) is 0 Å². The van der Waals surface area contributed by atoms with Crippen molar-refractivity contribution in [2.24, 2.45) is 0 Å². The molecule has 0 N–H and O–H groups in total. The highest BCUT2D eigenvalue weighted by Gasteiger charge is 2.25. The van der Waals surface area contributed by atoms with E-state index in [-0.39, 0.29) is 6.09 Å². The zero-order chi connectivity index (χ0) is 13.1. The molecule has 19 heavy (non-hydrogen) atoms. The molecule has 0 unspecified atom stereocenters. The van der Waals surface area contributed by atoms with Crippen LogP contribution in [0.5, 0.6) is 0 Å². The maximum absolute atomic E-state index is 12.1. The molecule has 3 heteroatoms. The maximum Gasteiger partial charge on any atom is 0.414 e. The van der Waals surface area contributed by atoms with Crippen LogP contribution in [-0.4, -0.2) is 6.09 Å². The van der Waals surface area contributed by atoms with Crippen LogP contribution < -0.4 is 4.90 Å². The predicted octanol–water partition coefficient (Wildman–Crippen LogP) is 3.55. The summed E-state index contributed by atoms with van der Waals surface area (Å²) in [6, 6.07) is 17.5. The molecule has 0 saturated heterocycles.